The number of halogens is 2. The predicted octanol–water partition coefficient (Wildman–Crippen LogP) is 4.81. The molecule has 126 valence electrons. The Hall–Kier alpha value is -2.73. The van der Waals surface area contributed by atoms with Crippen LogP contribution in [0.3, 0.4) is 0 Å². The molecule has 4 nitrogen and oxygen atoms in total. The molecular weight excluding hydrogens is 387 g/mol. The van der Waals surface area contributed by atoms with Crippen LogP contribution in [0.1, 0.15) is 16.1 Å². The number of aromatic nitrogens is 1. The number of hydrogen-bond donors (Lipinski definition) is 1. The summed E-state index contributed by atoms with van der Waals surface area (Å²) in [7, 11) is 0. The first-order chi connectivity index (χ1) is 12.1. The van der Waals surface area contributed by atoms with Crippen molar-refractivity contribution in [2.24, 2.45) is 0 Å². The van der Waals surface area contributed by atoms with Gasteiger partial charge in [0.1, 0.15) is 18.2 Å². The Kier molecular flexibility index (Phi) is 5.40. The van der Waals surface area contributed by atoms with E-state index < -0.39 is 5.82 Å². The lowest BCUT2D eigenvalue weighted by Crippen LogP contribution is -2.12. The van der Waals surface area contributed by atoms with Gasteiger partial charge >= 0.3 is 0 Å². The van der Waals surface area contributed by atoms with Crippen molar-refractivity contribution < 1.29 is 13.9 Å². The molecule has 0 saturated heterocycles. The lowest BCUT2D eigenvalue weighted by Gasteiger charge is -2.10. The van der Waals surface area contributed by atoms with Crippen LogP contribution in [-0.4, -0.2) is 10.9 Å². The van der Waals surface area contributed by atoms with Crippen LogP contribution in [0.2, 0.25) is 0 Å². The van der Waals surface area contributed by atoms with E-state index in [1.165, 1.54) is 18.2 Å². The predicted molar refractivity (Wildman–Crippen MR) is 97.1 cm³/mol. The summed E-state index contributed by atoms with van der Waals surface area (Å²) in [6.07, 6.45) is 1.70. The number of rotatable bonds is 5. The summed E-state index contributed by atoms with van der Waals surface area (Å²) in [5.41, 5.74) is 1.74. The number of carbonyl (C=O) groups excluding carboxylic acids is 1. The van der Waals surface area contributed by atoms with Gasteiger partial charge in [-0.1, -0.05) is 12.1 Å². The molecule has 0 spiro atoms. The highest BCUT2D eigenvalue weighted by Gasteiger charge is 2.11. The molecule has 0 saturated carbocycles. The summed E-state index contributed by atoms with van der Waals surface area (Å²) < 4.78 is 19.2. The van der Waals surface area contributed by atoms with Crippen molar-refractivity contribution in [1.29, 1.82) is 0 Å². The second-order valence-corrected chi connectivity index (χ2v) is 6.07. The number of anilines is 1. The number of amides is 1. The maximum absolute atomic E-state index is 13.1. The van der Waals surface area contributed by atoms with E-state index in [0.717, 1.165) is 5.69 Å². The largest absolute Gasteiger partial charge is 0.487 e. The minimum atomic E-state index is -0.409. The summed E-state index contributed by atoms with van der Waals surface area (Å²) >= 11 is 3.19. The van der Waals surface area contributed by atoms with Gasteiger partial charge in [-0.3, -0.25) is 9.78 Å². The van der Waals surface area contributed by atoms with Crippen molar-refractivity contribution in [3.05, 3.63) is 88.4 Å². The first kappa shape index (κ1) is 17.1. The maximum atomic E-state index is 13.1. The zero-order valence-corrected chi connectivity index (χ0v) is 14.7. The van der Waals surface area contributed by atoms with Crippen LogP contribution in [0, 0.1) is 5.82 Å². The number of carbonyl (C=O) groups is 1. The first-order valence-electron chi connectivity index (χ1n) is 7.51. The van der Waals surface area contributed by atoms with Crippen molar-refractivity contribution in [2.45, 2.75) is 6.61 Å². The Bertz CT molecular complexity index is 888. The lowest BCUT2D eigenvalue weighted by atomic mass is 10.2. The summed E-state index contributed by atoms with van der Waals surface area (Å²) in [5.74, 6) is -0.135. The van der Waals surface area contributed by atoms with E-state index in [-0.39, 0.29) is 5.91 Å². The van der Waals surface area contributed by atoms with Crippen LogP contribution >= 0.6 is 15.9 Å². The second-order valence-electron chi connectivity index (χ2n) is 5.22. The molecule has 0 atom stereocenters. The van der Waals surface area contributed by atoms with Crippen LogP contribution < -0.4 is 10.1 Å². The SMILES string of the molecule is O=C(Nc1cccc(OCc2ccccn2)c1)c1ccc(F)cc1Br. The number of nitrogens with one attached hydrogen (secondary N) is 1. The topological polar surface area (TPSA) is 51.2 Å². The molecule has 6 heteroatoms. The van der Waals surface area contributed by atoms with Crippen molar-refractivity contribution in [1.82, 2.24) is 4.98 Å². The number of hydrogen-bond acceptors (Lipinski definition) is 3. The van der Waals surface area contributed by atoms with Crippen molar-refractivity contribution in [2.75, 3.05) is 5.32 Å². The summed E-state index contributed by atoms with van der Waals surface area (Å²) in [6, 6.07) is 16.6. The summed E-state index contributed by atoms with van der Waals surface area (Å²) in [4.78, 5) is 16.5. The fourth-order valence-electron chi connectivity index (χ4n) is 2.18. The third-order valence-electron chi connectivity index (χ3n) is 3.38. The van der Waals surface area contributed by atoms with Gasteiger partial charge < -0.3 is 10.1 Å². The summed E-state index contributed by atoms with van der Waals surface area (Å²) in [6.45, 7) is 0.335. The monoisotopic (exact) mass is 400 g/mol. The molecule has 3 rings (SSSR count). The van der Waals surface area contributed by atoms with E-state index in [0.29, 0.717) is 28.1 Å². The second kappa shape index (κ2) is 7.90. The summed E-state index contributed by atoms with van der Waals surface area (Å²) in [5, 5.41) is 2.77. The molecule has 0 unspecified atom stereocenters. The quantitative estimate of drug-likeness (QED) is 0.668. The average molecular weight is 401 g/mol. The lowest BCUT2D eigenvalue weighted by molar-refractivity contribution is 0.102. The zero-order chi connectivity index (χ0) is 17.6. The molecule has 1 amide bonds. The van der Waals surface area contributed by atoms with Gasteiger partial charge in [0, 0.05) is 22.4 Å². The van der Waals surface area contributed by atoms with Gasteiger partial charge in [-0.15, -0.1) is 0 Å². The molecule has 0 aliphatic rings. The van der Waals surface area contributed by atoms with E-state index in [1.807, 2.05) is 18.2 Å². The molecule has 1 N–H and O–H groups in total. The number of benzene rings is 2. The highest BCUT2D eigenvalue weighted by Crippen LogP contribution is 2.22. The third-order valence-corrected chi connectivity index (χ3v) is 4.04. The van der Waals surface area contributed by atoms with Gasteiger partial charge in [0.15, 0.2) is 0 Å². The van der Waals surface area contributed by atoms with Crippen LogP contribution in [0.5, 0.6) is 5.75 Å². The molecule has 25 heavy (non-hydrogen) atoms. The first-order valence-corrected chi connectivity index (χ1v) is 8.30. The number of ether oxygens (including phenoxy) is 1. The third kappa shape index (κ3) is 4.64. The Balaban J connectivity index is 1.68. The van der Waals surface area contributed by atoms with E-state index in [4.69, 9.17) is 4.74 Å². The molecule has 0 radical (unpaired) electrons. The van der Waals surface area contributed by atoms with Crippen LogP contribution in [0.15, 0.2) is 71.3 Å². The van der Waals surface area contributed by atoms with Crippen LogP contribution in [-0.2, 0) is 6.61 Å². The van der Waals surface area contributed by atoms with Gasteiger partial charge in [-0.25, -0.2) is 4.39 Å². The van der Waals surface area contributed by atoms with E-state index >= 15 is 0 Å². The van der Waals surface area contributed by atoms with Crippen molar-refractivity contribution in [3.8, 4) is 5.75 Å². The Labute approximate surface area is 152 Å². The van der Waals surface area contributed by atoms with Gasteiger partial charge in [0.05, 0.1) is 11.3 Å². The molecule has 1 heterocycles. The number of pyridine rings is 1. The van der Waals surface area contributed by atoms with Crippen molar-refractivity contribution >= 4 is 27.5 Å². The zero-order valence-electron chi connectivity index (χ0n) is 13.1. The fraction of sp³-hybridized carbons (Fsp3) is 0.0526. The van der Waals surface area contributed by atoms with E-state index in [9.17, 15) is 9.18 Å². The normalized spacial score (nSPS) is 10.3. The highest BCUT2D eigenvalue weighted by molar-refractivity contribution is 9.10. The smallest absolute Gasteiger partial charge is 0.256 e. The Morgan fingerprint density at radius 1 is 1.12 bits per heavy atom. The molecule has 3 aromatic rings. The van der Waals surface area contributed by atoms with E-state index in [1.54, 1.807) is 30.5 Å². The molecular formula is C19H14BrFN2O2. The number of nitrogens with zero attached hydrogens (tertiary/aromatic N) is 1. The van der Waals surface area contributed by atoms with Crippen LogP contribution in [0.25, 0.3) is 0 Å². The molecule has 2 aromatic carbocycles. The van der Waals surface area contributed by atoms with Crippen molar-refractivity contribution in [3.63, 3.8) is 0 Å². The Morgan fingerprint density at radius 2 is 2.00 bits per heavy atom. The van der Waals surface area contributed by atoms with E-state index in [2.05, 4.69) is 26.2 Å². The van der Waals surface area contributed by atoms with Crippen LogP contribution in [0.4, 0.5) is 10.1 Å². The average Bonchev–Trinajstić information content (AvgIpc) is 2.61. The molecule has 0 fully saturated rings. The van der Waals surface area contributed by atoms with Gasteiger partial charge in [0.2, 0.25) is 0 Å². The maximum Gasteiger partial charge on any atom is 0.256 e. The molecule has 0 aliphatic heterocycles. The fourth-order valence-corrected chi connectivity index (χ4v) is 2.71. The molecule has 0 aliphatic carbocycles. The standard InChI is InChI=1S/C19H14BrFN2O2/c20-18-10-13(21)7-8-17(18)19(24)23-14-5-3-6-16(11-14)25-12-15-4-1-2-9-22-15/h1-11H,12H2,(H,23,24). The minimum Gasteiger partial charge on any atom is -0.487 e. The van der Waals surface area contributed by atoms with Gasteiger partial charge in [-0.2, -0.15) is 0 Å². The van der Waals surface area contributed by atoms with Gasteiger partial charge in [0.25, 0.3) is 5.91 Å². The molecule has 0 bridgehead atoms. The van der Waals surface area contributed by atoms with Gasteiger partial charge in [-0.05, 0) is 58.4 Å². The highest BCUT2D eigenvalue weighted by atomic mass is 79.9. The molecule has 1 aromatic heterocycles. The Morgan fingerprint density at radius 3 is 2.76 bits per heavy atom. The minimum absolute atomic E-state index is 0.335.